The summed E-state index contributed by atoms with van der Waals surface area (Å²) < 4.78 is 18.4. The Labute approximate surface area is 186 Å². The maximum Gasteiger partial charge on any atom is 0.232 e. The van der Waals surface area contributed by atoms with E-state index in [1.165, 1.54) is 19.3 Å². The van der Waals surface area contributed by atoms with Crippen molar-refractivity contribution < 1.29 is 19.0 Å². The third-order valence-corrected chi connectivity index (χ3v) is 5.28. The molecule has 2 aromatic rings. The first-order valence-electron chi connectivity index (χ1n) is 11.3. The molecule has 2 heterocycles. The molecule has 0 N–H and O–H groups in total. The van der Waals surface area contributed by atoms with Crippen molar-refractivity contribution in [2.75, 3.05) is 27.7 Å². The van der Waals surface area contributed by atoms with Gasteiger partial charge in [-0.25, -0.2) is 0 Å². The lowest BCUT2D eigenvalue weighted by atomic mass is 10.1. The minimum atomic E-state index is -0.404. The summed E-state index contributed by atoms with van der Waals surface area (Å²) in [5.41, 5.74) is 1.88. The maximum absolute atomic E-state index is 13.2. The molecule has 1 atom stereocenters. The highest BCUT2D eigenvalue weighted by Crippen LogP contribution is 2.19. The second-order valence-corrected chi connectivity index (χ2v) is 8.42. The highest BCUT2D eigenvalue weighted by molar-refractivity contribution is 5.82. The third kappa shape index (κ3) is 7.91. The van der Waals surface area contributed by atoms with Crippen LogP contribution in [0.15, 0.2) is 24.5 Å². The van der Waals surface area contributed by atoms with Crippen molar-refractivity contribution in [2.24, 2.45) is 5.92 Å². The van der Waals surface area contributed by atoms with Crippen LogP contribution in [-0.2, 0) is 32.0 Å². The van der Waals surface area contributed by atoms with Gasteiger partial charge in [0.2, 0.25) is 5.91 Å². The quantitative estimate of drug-likeness (QED) is 0.304. The van der Waals surface area contributed by atoms with E-state index in [-0.39, 0.29) is 25.9 Å². The van der Waals surface area contributed by atoms with E-state index in [0.717, 1.165) is 29.6 Å². The van der Waals surface area contributed by atoms with Crippen molar-refractivity contribution in [1.82, 2.24) is 14.5 Å². The second-order valence-electron chi connectivity index (χ2n) is 8.42. The van der Waals surface area contributed by atoms with Gasteiger partial charge in [-0.2, -0.15) is 0 Å². The molecule has 2 aromatic heterocycles. The fourth-order valence-electron chi connectivity index (χ4n) is 3.67. The van der Waals surface area contributed by atoms with Crippen molar-refractivity contribution in [1.29, 1.82) is 0 Å². The van der Waals surface area contributed by atoms with Gasteiger partial charge in [-0.15, -0.1) is 0 Å². The normalized spacial score (nSPS) is 12.6. The molecule has 7 heteroatoms. The van der Waals surface area contributed by atoms with Gasteiger partial charge in [-0.05, 0) is 30.9 Å². The van der Waals surface area contributed by atoms with Crippen LogP contribution in [0.2, 0.25) is 0 Å². The van der Waals surface area contributed by atoms with Crippen molar-refractivity contribution in [2.45, 2.75) is 72.1 Å². The predicted molar refractivity (Wildman–Crippen MR) is 123 cm³/mol. The van der Waals surface area contributed by atoms with Crippen LogP contribution in [0.3, 0.4) is 0 Å². The number of carbonyl (C=O) groups excluding carboxylic acids is 1. The minimum absolute atomic E-state index is 0.0727. The fourth-order valence-corrected chi connectivity index (χ4v) is 3.67. The summed E-state index contributed by atoms with van der Waals surface area (Å²) >= 11 is 0. The van der Waals surface area contributed by atoms with Crippen LogP contribution in [0, 0.1) is 5.92 Å². The average Bonchev–Trinajstić information content (AvgIpc) is 3.14. The van der Waals surface area contributed by atoms with Crippen molar-refractivity contribution in [3.05, 3.63) is 30.2 Å². The molecule has 1 amide bonds. The largest absolute Gasteiger partial charge is 0.364 e. The first-order valence-corrected chi connectivity index (χ1v) is 11.3. The van der Waals surface area contributed by atoms with Crippen molar-refractivity contribution >= 4 is 16.8 Å². The topological polar surface area (TPSA) is 65.8 Å². The van der Waals surface area contributed by atoms with Gasteiger partial charge in [0, 0.05) is 38.5 Å². The van der Waals surface area contributed by atoms with Gasteiger partial charge in [0.1, 0.15) is 19.8 Å². The molecule has 0 radical (unpaired) electrons. The van der Waals surface area contributed by atoms with E-state index < -0.39 is 6.23 Å². The molecule has 0 saturated carbocycles. The smallest absolute Gasteiger partial charge is 0.232 e. The molecular formula is C24H39N3O4. The number of carbonyl (C=O) groups is 1. The number of amides is 1. The molecule has 2 rings (SSSR count). The Balaban J connectivity index is 2.14. The number of nitrogens with zero attached hydrogens (tertiary/aromatic N) is 3. The first-order chi connectivity index (χ1) is 15.0. The van der Waals surface area contributed by atoms with E-state index in [0.29, 0.717) is 12.3 Å². The second kappa shape index (κ2) is 13.5. The van der Waals surface area contributed by atoms with Gasteiger partial charge in [0.25, 0.3) is 0 Å². The number of rotatable bonds is 15. The van der Waals surface area contributed by atoms with Gasteiger partial charge in [0.05, 0.1) is 17.6 Å². The van der Waals surface area contributed by atoms with Gasteiger partial charge >= 0.3 is 0 Å². The molecule has 0 aliphatic rings. The Kier molecular flexibility index (Phi) is 11.0. The number of aromatic nitrogens is 2. The molecule has 174 valence electrons. The van der Waals surface area contributed by atoms with E-state index in [9.17, 15) is 4.79 Å². The SMILES string of the molecule is CCCCCCn1ccc2cnc(CC(=O)N(COC)[C@@H](CC(C)C)OCOC)cc21. The first kappa shape index (κ1) is 25.3. The summed E-state index contributed by atoms with van der Waals surface area (Å²) in [6.07, 6.45) is 9.34. The summed E-state index contributed by atoms with van der Waals surface area (Å²) in [6.45, 7) is 7.69. The zero-order valence-electron chi connectivity index (χ0n) is 19.8. The Hall–Kier alpha value is -1.96. The zero-order valence-corrected chi connectivity index (χ0v) is 19.8. The zero-order chi connectivity index (χ0) is 22.6. The Bertz CT molecular complexity index is 790. The fraction of sp³-hybridized carbons (Fsp3) is 0.667. The number of hydrogen-bond donors (Lipinski definition) is 0. The molecule has 0 aliphatic carbocycles. The van der Waals surface area contributed by atoms with Gasteiger partial charge in [-0.3, -0.25) is 14.7 Å². The van der Waals surface area contributed by atoms with E-state index in [1.54, 1.807) is 19.1 Å². The van der Waals surface area contributed by atoms with Crippen LogP contribution in [0.5, 0.6) is 0 Å². The van der Waals surface area contributed by atoms with E-state index >= 15 is 0 Å². The highest BCUT2D eigenvalue weighted by atomic mass is 16.7. The average molecular weight is 434 g/mol. The number of unbranched alkanes of at least 4 members (excludes halogenated alkanes) is 3. The predicted octanol–water partition coefficient (Wildman–Crippen LogP) is 4.58. The van der Waals surface area contributed by atoms with Crippen LogP contribution in [0.1, 0.15) is 58.6 Å². The molecule has 7 nitrogen and oxygen atoms in total. The summed E-state index contributed by atoms with van der Waals surface area (Å²) in [7, 11) is 3.16. The Morgan fingerprint density at radius 2 is 2.00 bits per heavy atom. The van der Waals surface area contributed by atoms with Crippen LogP contribution in [0.25, 0.3) is 10.9 Å². The molecule has 0 aromatic carbocycles. The van der Waals surface area contributed by atoms with Crippen LogP contribution in [-0.4, -0.2) is 54.3 Å². The minimum Gasteiger partial charge on any atom is -0.364 e. The van der Waals surface area contributed by atoms with Crippen molar-refractivity contribution in [3.8, 4) is 0 Å². The van der Waals surface area contributed by atoms with Gasteiger partial charge < -0.3 is 18.8 Å². The lowest BCUT2D eigenvalue weighted by molar-refractivity contribution is -0.175. The van der Waals surface area contributed by atoms with Gasteiger partial charge in [-0.1, -0.05) is 40.0 Å². The van der Waals surface area contributed by atoms with Crippen LogP contribution >= 0.6 is 0 Å². The van der Waals surface area contributed by atoms with Gasteiger partial charge in [0.15, 0.2) is 0 Å². The van der Waals surface area contributed by atoms with Crippen LogP contribution in [0.4, 0.5) is 0 Å². The van der Waals surface area contributed by atoms with E-state index in [2.05, 4.69) is 42.6 Å². The third-order valence-electron chi connectivity index (χ3n) is 5.28. The summed E-state index contributed by atoms with van der Waals surface area (Å²) in [5, 5.41) is 1.10. The van der Waals surface area contributed by atoms with E-state index in [1.807, 2.05) is 12.3 Å². The molecule has 0 unspecified atom stereocenters. The number of hydrogen-bond acceptors (Lipinski definition) is 5. The maximum atomic E-state index is 13.2. The molecular weight excluding hydrogens is 394 g/mol. The Morgan fingerprint density at radius 3 is 2.68 bits per heavy atom. The lowest BCUT2D eigenvalue weighted by Gasteiger charge is -2.32. The molecule has 31 heavy (non-hydrogen) atoms. The monoisotopic (exact) mass is 433 g/mol. The molecule has 0 bridgehead atoms. The number of ether oxygens (including phenoxy) is 3. The standard InChI is InChI=1S/C24H39N3O4/c1-6-7-8-9-11-26-12-10-20-16-25-21(14-22(20)26)15-23(28)27(17-29-4)24(13-19(2)3)31-18-30-5/h10,12,14,16,19,24H,6-9,11,13,15,17-18H2,1-5H3/t24-/m1/s1. The molecule has 0 fully saturated rings. The summed E-state index contributed by atoms with van der Waals surface area (Å²) in [6, 6.07) is 4.12. The molecule has 0 aliphatic heterocycles. The van der Waals surface area contributed by atoms with E-state index in [4.69, 9.17) is 14.2 Å². The number of methoxy groups -OCH3 is 2. The van der Waals surface area contributed by atoms with Crippen LogP contribution < -0.4 is 0 Å². The summed E-state index contributed by atoms with van der Waals surface area (Å²) in [5.74, 6) is 0.288. The number of fused-ring (bicyclic) bond motifs is 1. The number of aryl methyl sites for hydroxylation is 1. The Morgan fingerprint density at radius 1 is 1.19 bits per heavy atom. The number of pyridine rings is 1. The lowest BCUT2D eigenvalue weighted by Crippen LogP contribution is -2.45. The molecule has 0 spiro atoms. The highest BCUT2D eigenvalue weighted by Gasteiger charge is 2.26. The summed E-state index contributed by atoms with van der Waals surface area (Å²) in [4.78, 5) is 19.3. The molecule has 0 saturated heterocycles. The van der Waals surface area contributed by atoms with Crippen molar-refractivity contribution in [3.63, 3.8) is 0 Å².